The SMILES string of the molecule is CN1CCCCN2CCCN=C12. The molecule has 68 valence electrons. The summed E-state index contributed by atoms with van der Waals surface area (Å²) in [5.41, 5.74) is 0. The minimum Gasteiger partial charge on any atom is -0.346 e. The third-order valence-electron chi connectivity index (χ3n) is 2.64. The Morgan fingerprint density at radius 1 is 1.08 bits per heavy atom. The van der Waals surface area contributed by atoms with Crippen molar-refractivity contribution in [2.45, 2.75) is 19.3 Å². The minimum atomic E-state index is 1.02. The third-order valence-corrected chi connectivity index (χ3v) is 2.64. The lowest BCUT2D eigenvalue weighted by molar-refractivity contribution is 0.357. The average Bonchev–Trinajstić information content (AvgIpc) is 2.29. The fraction of sp³-hybridized carbons (Fsp3) is 0.889. The van der Waals surface area contributed by atoms with E-state index in [0.717, 1.165) is 6.54 Å². The summed E-state index contributed by atoms with van der Waals surface area (Å²) in [4.78, 5) is 9.29. The first-order valence-electron chi connectivity index (χ1n) is 4.88. The normalized spacial score (nSPS) is 24.6. The first-order valence-corrected chi connectivity index (χ1v) is 4.88. The second-order valence-corrected chi connectivity index (χ2v) is 3.65. The van der Waals surface area contributed by atoms with E-state index in [1.165, 1.54) is 44.9 Å². The van der Waals surface area contributed by atoms with Gasteiger partial charge in [-0.25, -0.2) is 0 Å². The van der Waals surface area contributed by atoms with Gasteiger partial charge in [0.15, 0.2) is 5.96 Å². The molecule has 0 amide bonds. The zero-order valence-corrected chi connectivity index (χ0v) is 7.79. The van der Waals surface area contributed by atoms with Crippen LogP contribution in [-0.2, 0) is 0 Å². The molecular weight excluding hydrogens is 150 g/mol. The third kappa shape index (κ3) is 1.40. The first-order chi connectivity index (χ1) is 5.88. The maximum atomic E-state index is 4.56. The topological polar surface area (TPSA) is 18.8 Å². The second kappa shape index (κ2) is 3.33. The quantitative estimate of drug-likeness (QED) is 0.531. The Morgan fingerprint density at radius 2 is 1.83 bits per heavy atom. The van der Waals surface area contributed by atoms with Gasteiger partial charge in [0.25, 0.3) is 0 Å². The van der Waals surface area contributed by atoms with Crippen LogP contribution in [0, 0.1) is 0 Å². The number of fused-ring (bicyclic) bond motifs is 1. The summed E-state index contributed by atoms with van der Waals surface area (Å²) in [7, 11) is 2.16. The van der Waals surface area contributed by atoms with E-state index in [-0.39, 0.29) is 0 Å². The maximum absolute atomic E-state index is 4.56. The molecule has 3 nitrogen and oxygen atoms in total. The number of rotatable bonds is 0. The summed E-state index contributed by atoms with van der Waals surface area (Å²) < 4.78 is 0. The number of nitrogens with zero attached hydrogens (tertiary/aromatic N) is 3. The van der Waals surface area contributed by atoms with Crippen LogP contribution in [0.3, 0.4) is 0 Å². The Bertz CT molecular complexity index is 188. The Hall–Kier alpha value is -0.730. The lowest BCUT2D eigenvalue weighted by Gasteiger charge is -2.31. The van der Waals surface area contributed by atoms with E-state index < -0.39 is 0 Å². The highest BCUT2D eigenvalue weighted by molar-refractivity contribution is 5.80. The molecule has 0 atom stereocenters. The zero-order chi connectivity index (χ0) is 8.39. The molecule has 2 heterocycles. The molecule has 0 spiro atoms. The summed E-state index contributed by atoms with van der Waals surface area (Å²) in [6, 6.07) is 0. The molecule has 1 fully saturated rings. The van der Waals surface area contributed by atoms with Crippen molar-refractivity contribution in [3.63, 3.8) is 0 Å². The molecule has 2 aliphatic heterocycles. The Balaban J connectivity index is 2.14. The van der Waals surface area contributed by atoms with Crippen LogP contribution in [0.1, 0.15) is 19.3 Å². The molecule has 0 aromatic rings. The van der Waals surface area contributed by atoms with Crippen LogP contribution < -0.4 is 0 Å². The van der Waals surface area contributed by atoms with E-state index >= 15 is 0 Å². The fourth-order valence-corrected chi connectivity index (χ4v) is 1.97. The number of hydrogen-bond acceptors (Lipinski definition) is 3. The van der Waals surface area contributed by atoms with E-state index in [4.69, 9.17) is 0 Å². The van der Waals surface area contributed by atoms with Gasteiger partial charge in [-0.05, 0) is 19.3 Å². The summed E-state index contributed by atoms with van der Waals surface area (Å²) in [6.45, 7) is 4.62. The van der Waals surface area contributed by atoms with Crippen molar-refractivity contribution in [3.8, 4) is 0 Å². The molecule has 1 saturated heterocycles. The highest BCUT2D eigenvalue weighted by Gasteiger charge is 2.20. The van der Waals surface area contributed by atoms with Crippen molar-refractivity contribution >= 4 is 5.96 Å². The Kier molecular flexibility index (Phi) is 2.19. The van der Waals surface area contributed by atoms with E-state index in [2.05, 4.69) is 21.8 Å². The van der Waals surface area contributed by atoms with Crippen LogP contribution in [0.15, 0.2) is 4.99 Å². The van der Waals surface area contributed by atoms with Gasteiger partial charge >= 0.3 is 0 Å². The van der Waals surface area contributed by atoms with Crippen LogP contribution in [0.4, 0.5) is 0 Å². The standard InChI is InChI=1S/C9H17N3/c1-11-6-2-3-7-12-8-4-5-10-9(11)12/h2-8H2,1H3. The number of guanidine groups is 1. The van der Waals surface area contributed by atoms with Crippen LogP contribution >= 0.6 is 0 Å². The van der Waals surface area contributed by atoms with Crippen molar-refractivity contribution in [2.75, 3.05) is 33.2 Å². The summed E-state index contributed by atoms with van der Waals surface area (Å²) in [6.07, 6.45) is 3.87. The van der Waals surface area contributed by atoms with Gasteiger partial charge in [0.05, 0.1) is 0 Å². The van der Waals surface area contributed by atoms with Crippen LogP contribution in [-0.4, -0.2) is 49.0 Å². The average molecular weight is 167 g/mol. The molecule has 0 aromatic heterocycles. The lowest BCUT2D eigenvalue weighted by atomic mass is 10.3. The summed E-state index contributed by atoms with van der Waals surface area (Å²) in [5.74, 6) is 1.23. The Morgan fingerprint density at radius 3 is 2.75 bits per heavy atom. The van der Waals surface area contributed by atoms with Gasteiger partial charge in [-0.2, -0.15) is 0 Å². The monoisotopic (exact) mass is 167 g/mol. The Labute approximate surface area is 74.1 Å². The fourth-order valence-electron chi connectivity index (χ4n) is 1.97. The highest BCUT2D eigenvalue weighted by Crippen LogP contribution is 2.11. The van der Waals surface area contributed by atoms with Crippen molar-refractivity contribution in [3.05, 3.63) is 0 Å². The van der Waals surface area contributed by atoms with Crippen molar-refractivity contribution in [2.24, 2.45) is 4.99 Å². The van der Waals surface area contributed by atoms with E-state index in [9.17, 15) is 0 Å². The predicted octanol–water partition coefficient (Wildman–Crippen LogP) is 0.774. The van der Waals surface area contributed by atoms with Gasteiger partial charge < -0.3 is 9.80 Å². The molecule has 0 bridgehead atoms. The van der Waals surface area contributed by atoms with Gasteiger partial charge in [-0.15, -0.1) is 0 Å². The summed E-state index contributed by atoms with van der Waals surface area (Å²) in [5, 5.41) is 0. The van der Waals surface area contributed by atoms with Gasteiger partial charge in [0.1, 0.15) is 0 Å². The largest absolute Gasteiger partial charge is 0.346 e. The molecule has 0 saturated carbocycles. The highest BCUT2D eigenvalue weighted by atomic mass is 15.4. The molecule has 0 N–H and O–H groups in total. The summed E-state index contributed by atoms with van der Waals surface area (Å²) >= 11 is 0. The van der Waals surface area contributed by atoms with Crippen LogP contribution in [0.5, 0.6) is 0 Å². The van der Waals surface area contributed by atoms with Crippen LogP contribution in [0.2, 0.25) is 0 Å². The molecule has 0 radical (unpaired) electrons. The predicted molar refractivity (Wildman–Crippen MR) is 50.4 cm³/mol. The van der Waals surface area contributed by atoms with Crippen molar-refractivity contribution in [1.82, 2.24) is 9.80 Å². The number of hydrogen-bond donors (Lipinski definition) is 0. The zero-order valence-electron chi connectivity index (χ0n) is 7.79. The molecule has 2 rings (SSSR count). The molecule has 0 aliphatic carbocycles. The minimum absolute atomic E-state index is 1.02. The van der Waals surface area contributed by atoms with Crippen molar-refractivity contribution < 1.29 is 0 Å². The maximum Gasteiger partial charge on any atom is 0.196 e. The van der Waals surface area contributed by atoms with Crippen LogP contribution in [0.25, 0.3) is 0 Å². The van der Waals surface area contributed by atoms with E-state index in [0.29, 0.717) is 0 Å². The molecule has 0 unspecified atom stereocenters. The smallest absolute Gasteiger partial charge is 0.196 e. The first kappa shape index (κ1) is 7.90. The van der Waals surface area contributed by atoms with Gasteiger partial charge in [-0.3, -0.25) is 4.99 Å². The van der Waals surface area contributed by atoms with Crippen molar-refractivity contribution in [1.29, 1.82) is 0 Å². The molecule has 12 heavy (non-hydrogen) atoms. The molecular formula is C9H17N3. The molecule has 0 aromatic carbocycles. The lowest BCUT2D eigenvalue weighted by Crippen LogP contribution is -2.44. The van der Waals surface area contributed by atoms with E-state index in [1.54, 1.807) is 0 Å². The second-order valence-electron chi connectivity index (χ2n) is 3.65. The molecule has 3 heteroatoms. The molecule has 2 aliphatic rings. The van der Waals surface area contributed by atoms with E-state index in [1.807, 2.05) is 0 Å². The van der Waals surface area contributed by atoms with Gasteiger partial charge in [0.2, 0.25) is 0 Å². The number of aliphatic imine (C=N–C) groups is 1. The van der Waals surface area contributed by atoms with Gasteiger partial charge in [-0.1, -0.05) is 0 Å². The van der Waals surface area contributed by atoms with Gasteiger partial charge in [0, 0.05) is 33.2 Å².